The van der Waals surface area contributed by atoms with Gasteiger partial charge in [0.2, 0.25) is 0 Å². The van der Waals surface area contributed by atoms with E-state index in [-0.39, 0.29) is 17.8 Å². The first-order chi connectivity index (χ1) is 10.6. The predicted molar refractivity (Wildman–Crippen MR) is 86.5 cm³/mol. The third-order valence-electron chi connectivity index (χ3n) is 4.72. The first-order valence-electron chi connectivity index (χ1n) is 8.12. The highest BCUT2D eigenvalue weighted by Gasteiger charge is 2.27. The standard InChI is InChI=1S/C17H24O4S/c1-20-16-9-8-13(14-5-4-10-22(18,19)12-14)11-17(16)21-15-6-2-3-7-15/h8-9,11,14-15H,2-7,10,12H2,1H3. The number of hydrogen-bond acceptors (Lipinski definition) is 4. The Hall–Kier alpha value is -1.23. The molecule has 1 atom stereocenters. The molecule has 0 spiro atoms. The summed E-state index contributed by atoms with van der Waals surface area (Å²) in [5.74, 6) is 2.15. The summed E-state index contributed by atoms with van der Waals surface area (Å²) in [6.45, 7) is 0. The van der Waals surface area contributed by atoms with Crippen LogP contribution in [0.5, 0.6) is 11.5 Å². The van der Waals surface area contributed by atoms with Crippen LogP contribution < -0.4 is 9.47 Å². The topological polar surface area (TPSA) is 52.6 Å². The Bertz CT molecular complexity index is 618. The van der Waals surface area contributed by atoms with Crippen LogP contribution in [0.3, 0.4) is 0 Å². The van der Waals surface area contributed by atoms with E-state index in [9.17, 15) is 8.42 Å². The molecular formula is C17H24O4S. The zero-order chi connectivity index (χ0) is 15.6. The minimum absolute atomic E-state index is 0.0792. The smallest absolute Gasteiger partial charge is 0.161 e. The second-order valence-electron chi connectivity index (χ2n) is 6.39. The summed E-state index contributed by atoms with van der Waals surface area (Å²) in [5.41, 5.74) is 1.05. The van der Waals surface area contributed by atoms with E-state index in [1.807, 2.05) is 18.2 Å². The van der Waals surface area contributed by atoms with Gasteiger partial charge in [-0.25, -0.2) is 8.42 Å². The maximum absolute atomic E-state index is 11.9. The van der Waals surface area contributed by atoms with E-state index in [1.165, 1.54) is 12.8 Å². The van der Waals surface area contributed by atoms with Gasteiger partial charge in [0.1, 0.15) is 0 Å². The zero-order valence-corrected chi connectivity index (χ0v) is 13.9. The van der Waals surface area contributed by atoms with Crippen molar-refractivity contribution < 1.29 is 17.9 Å². The second kappa shape index (κ2) is 6.49. The minimum atomic E-state index is -2.90. The number of benzene rings is 1. The summed E-state index contributed by atoms with van der Waals surface area (Å²) in [5, 5.41) is 0. The lowest BCUT2D eigenvalue weighted by Crippen LogP contribution is -2.23. The molecular weight excluding hydrogens is 300 g/mol. The van der Waals surface area contributed by atoms with Gasteiger partial charge in [-0.2, -0.15) is 0 Å². The van der Waals surface area contributed by atoms with Crippen molar-refractivity contribution in [3.8, 4) is 11.5 Å². The number of methoxy groups -OCH3 is 1. The van der Waals surface area contributed by atoms with Gasteiger partial charge in [0.15, 0.2) is 21.3 Å². The first-order valence-corrected chi connectivity index (χ1v) is 9.94. The maximum Gasteiger partial charge on any atom is 0.161 e. The zero-order valence-electron chi connectivity index (χ0n) is 13.1. The van der Waals surface area contributed by atoms with Gasteiger partial charge in [0.05, 0.1) is 24.7 Å². The lowest BCUT2D eigenvalue weighted by atomic mass is 9.95. The van der Waals surface area contributed by atoms with Crippen molar-refractivity contribution in [3.05, 3.63) is 23.8 Å². The first kappa shape index (κ1) is 15.7. The van der Waals surface area contributed by atoms with Crippen molar-refractivity contribution in [2.75, 3.05) is 18.6 Å². The Balaban J connectivity index is 1.82. The van der Waals surface area contributed by atoms with E-state index < -0.39 is 9.84 Å². The van der Waals surface area contributed by atoms with Gasteiger partial charge in [-0.3, -0.25) is 0 Å². The highest BCUT2D eigenvalue weighted by atomic mass is 32.2. The molecule has 5 heteroatoms. The largest absolute Gasteiger partial charge is 0.493 e. The van der Waals surface area contributed by atoms with Crippen LogP contribution in [-0.4, -0.2) is 33.1 Å². The molecule has 0 amide bonds. The van der Waals surface area contributed by atoms with Crippen LogP contribution in [-0.2, 0) is 9.84 Å². The monoisotopic (exact) mass is 324 g/mol. The third kappa shape index (κ3) is 3.57. The van der Waals surface area contributed by atoms with E-state index >= 15 is 0 Å². The van der Waals surface area contributed by atoms with Crippen molar-refractivity contribution in [3.63, 3.8) is 0 Å². The van der Waals surface area contributed by atoms with E-state index in [4.69, 9.17) is 9.47 Å². The van der Waals surface area contributed by atoms with Gasteiger partial charge >= 0.3 is 0 Å². The maximum atomic E-state index is 11.9. The van der Waals surface area contributed by atoms with Gasteiger partial charge in [0.25, 0.3) is 0 Å². The van der Waals surface area contributed by atoms with Gasteiger partial charge in [-0.15, -0.1) is 0 Å². The molecule has 1 unspecified atom stereocenters. The van der Waals surface area contributed by atoms with Crippen molar-refractivity contribution >= 4 is 9.84 Å². The Labute approximate surface area is 132 Å². The van der Waals surface area contributed by atoms with Crippen LogP contribution >= 0.6 is 0 Å². The average molecular weight is 324 g/mol. The number of rotatable bonds is 4. The Morgan fingerprint density at radius 1 is 1.05 bits per heavy atom. The van der Waals surface area contributed by atoms with Crippen molar-refractivity contribution in [1.29, 1.82) is 0 Å². The quantitative estimate of drug-likeness (QED) is 0.852. The fourth-order valence-corrected chi connectivity index (χ4v) is 5.26. The fraction of sp³-hybridized carbons (Fsp3) is 0.647. The molecule has 4 nitrogen and oxygen atoms in total. The van der Waals surface area contributed by atoms with E-state index in [2.05, 4.69) is 0 Å². The average Bonchev–Trinajstić information content (AvgIpc) is 2.99. The lowest BCUT2D eigenvalue weighted by molar-refractivity contribution is 0.200. The summed E-state index contributed by atoms with van der Waals surface area (Å²) in [6, 6.07) is 5.87. The minimum Gasteiger partial charge on any atom is -0.493 e. The highest BCUT2D eigenvalue weighted by molar-refractivity contribution is 7.91. The molecule has 2 fully saturated rings. The van der Waals surface area contributed by atoms with Crippen molar-refractivity contribution in [1.82, 2.24) is 0 Å². The number of ether oxygens (including phenoxy) is 2. The van der Waals surface area contributed by atoms with E-state index in [0.717, 1.165) is 42.7 Å². The van der Waals surface area contributed by atoms with Crippen molar-refractivity contribution in [2.24, 2.45) is 0 Å². The molecule has 1 aliphatic heterocycles. The summed E-state index contributed by atoms with van der Waals surface area (Å²) in [7, 11) is -1.26. The second-order valence-corrected chi connectivity index (χ2v) is 8.62. The Morgan fingerprint density at radius 3 is 2.50 bits per heavy atom. The number of sulfone groups is 1. The third-order valence-corrected chi connectivity index (χ3v) is 6.54. The molecule has 0 radical (unpaired) electrons. The van der Waals surface area contributed by atoms with Crippen LogP contribution in [0.25, 0.3) is 0 Å². The van der Waals surface area contributed by atoms with E-state index in [0.29, 0.717) is 5.75 Å². The van der Waals surface area contributed by atoms with Crippen LogP contribution in [0.2, 0.25) is 0 Å². The molecule has 22 heavy (non-hydrogen) atoms. The molecule has 1 saturated heterocycles. The van der Waals surface area contributed by atoms with Gasteiger partial charge in [-0.1, -0.05) is 6.07 Å². The van der Waals surface area contributed by atoms with Crippen molar-refractivity contribution in [2.45, 2.75) is 50.5 Å². The summed E-state index contributed by atoms with van der Waals surface area (Å²) < 4.78 is 35.2. The van der Waals surface area contributed by atoms with E-state index in [1.54, 1.807) is 7.11 Å². The molecule has 0 aromatic heterocycles. The SMILES string of the molecule is COc1ccc(C2CCCS(=O)(=O)C2)cc1OC1CCCC1. The normalized spacial score (nSPS) is 25.0. The summed E-state index contributed by atoms with van der Waals surface area (Å²) in [4.78, 5) is 0. The highest BCUT2D eigenvalue weighted by Crippen LogP contribution is 2.36. The molecule has 3 rings (SSSR count). The summed E-state index contributed by atoms with van der Waals surface area (Å²) in [6.07, 6.45) is 6.54. The van der Waals surface area contributed by atoms with Crippen LogP contribution in [0.15, 0.2) is 18.2 Å². The molecule has 1 aliphatic carbocycles. The molecule has 2 aliphatic rings. The fourth-order valence-electron chi connectivity index (χ4n) is 3.51. The molecule has 122 valence electrons. The predicted octanol–water partition coefficient (Wildman–Crippen LogP) is 3.31. The molecule has 1 aromatic carbocycles. The summed E-state index contributed by atoms with van der Waals surface area (Å²) >= 11 is 0. The number of hydrogen-bond donors (Lipinski definition) is 0. The molecule has 1 saturated carbocycles. The van der Waals surface area contributed by atoms with Gasteiger partial charge < -0.3 is 9.47 Å². The Morgan fingerprint density at radius 2 is 1.82 bits per heavy atom. The van der Waals surface area contributed by atoms with Crippen LogP contribution in [0.1, 0.15) is 50.0 Å². The van der Waals surface area contributed by atoms with Crippen LogP contribution in [0.4, 0.5) is 0 Å². The van der Waals surface area contributed by atoms with Gasteiger partial charge in [0, 0.05) is 0 Å². The molecule has 0 N–H and O–H groups in total. The molecule has 1 heterocycles. The Kier molecular flexibility index (Phi) is 4.62. The lowest BCUT2D eigenvalue weighted by Gasteiger charge is -2.24. The van der Waals surface area contributed by atoms with Gasteiger partial charge in [-0.05, 0) is 62.1 Å². The van der Waals surface area contributed by atoms with Crippen LogP contribution in [0, 0.1) is 0 Å². The molecule has 1 aromatic rings. The molecule has 0 bridgehead atoms.